The van der Waals surface area contributed by atoms with E-state index >= 15 is 0 Å². The van der Waals surface area contributed by atoms with Gasteiger partial charge < -0.3 is 5.73 Å². The predicted octanol–water partition coefficient (Wildman–Crippen LogP) is -1.08. The minimum Gasteiger partial charge on any atom is -0.368 e. The van der Waals surface area contributed by atoms with Gasteiger partial charge in [0.05, 0.1) is 0 Å². The fourth-order valence-electron chi connectivity index (χ4n) is 1.01. The summed E-state index contributed by atoms with van der Waals surface area (Å²) in [6.07, 6.45) is 4.71. The quantitative estimate of drug-likeness (QED) is 0.653. The van der Waals surface area contributed by atoms with Gasteiger partial charge in [-0.1, -0.05) is 0 Å². The fourth-order valence-corrected chi connectivity index (χ4v) is 1.01. The van der Waals surface area contributed by atoms with Crippen LogP contribution in [0.1, 0.15) is 0 Å². The molecule has 0 aliphatic rings. The average Bonchev–Trinajstić information content (AvgIpc) is 2.62. The fraction of sp³-hybridized carbons (Fsp3) is 0.143. The second kappa shape index (κ2) is 3.29. The third kappa shape index (κ3) is 1.60. The van der Waals surface area contributed by atoms with Gasteiger partial charge in [0.15, 0.2) is 0 Å². The van der Waals surface area contributed by atoms with Crippen LogP contribution in [0.5, 0.6) is 0 Å². The zero-order chi connectivity index (χ0) is 9.97. The number of hydrogen-bond donors (Lipinski definition) is 1. The Morgan fingerprint density at radius 2 is 2.36 bits per heavy atom. The van der Waals surface area contributed by atoms with Crippen molar-refractivity contribution >= 4 is 5.95 Å². The third-order valence-corrected chi connectivity index (χ3v) is 1.64. The highest BCUT2D eigenvalue weighted by Crippen LogP contribution is 1.86. The largest absolute Gasteiger partial charge is 0.368 e. The van der Waals surface area contributed by atoms with Crippen LogP contribution in [0.15, 0.2) is 29.6 Å². The van der Waals surface area contributed by atoms with Crippen molar-refractivity contribution in [1.82, 2.24) is 24.3 Å². The Kier molecular flexibility index (Phi) is 1.98. The van der Waals surface area contributed by atoms with Crippen LogP contribution < -0.4 is 11.4 Å². The summed E-state index contributed by atoms with van der Waals surface area (Å²) in [4.78, 5) is 18.5. The highest BCUT2D eigenvalue weighted by molar-refractivity contribution is 5.09. The number of rotatable bonds is 2. The van der Waals surface area contributed by atoms with Gasteiger partial charge in [-0.15, -0.1) is 0 Å². The van der Waals surface area contributed by atoms with Gasteiger partial charge in [0.1, 0.15) is 13.0 Å². The Morgan fingerprint density at radius 1 is 1.50 bits per heavy atom. The molecule has 2 N–H and O–H groups in total. The summed E-state index contributed by atoms with van der Waals surface area (Å²) in [6.45, 7) is 0.284. The first-order valence-electron chi connectivity index (χ1n) is 3.92. The molecule has 72 valence electrons. The maximum Gasteiger partial charge on any atom is 0.353 e. The lowest BCUT2D eigenvalue weighted by Gasteiger charge is -2.03. The van der Waals surface area contributed by atoms with Crippen LogP contribution in [0.2, 0.25) is 0 Å². The molecule has 0 aromatic carbocycles. The normalized spacial score (nSPS) is 10.3. The van der Waals surface area contributed by atoms with Crippen LogP contribution in [-0.4, -0.2) is 24.3 Å². The van der Waals surface area contributed by atoms with Gasteiger partial charge in [-0.25, -0.2) is 9.78 Å². The van der Waals surface area contributed by atoms with E-state index in [1.165, 1.54) is 10.9 Å². The molecule has 2 rings (SSSR count). The summed E-state index contributed by atoms with van der Waals surface area (Å²) in [7, 11) is 0. The summed E-state index contributed by atoms with van der Waals surface area (Å²) in [6, 6.07) is 1.77. The molecule has 0 unspecified atom stereocenters. The van der Waals surface area contributed by atoms with Crippen molar-refractivity contribution in [2.24, 2.45) is 0 Å². The predicted molar refractivity (Wildman–Crippen MR) is 48.3 cm³/mol. The molecule has 0 saturated heterocycles. The molecule has 0 saturated carbocycles. The van der Waals surface area contributed by atoms with E-state index in [1.807, 2.05) is 0 Å². The molecular formula is C7H8N6O. The van der Waals surface area contributed by atoms with E-state index in [9.17, 15) is 4.79 Å². The van der Waals surface area contributed by atoms with Crippen LogP contribution in [0, 0.1) is 0 Å². The SMILES string of the molecule is Nc1ncn(Cn2cccn2)c(=O)n1. The van der Waals surface area contributed by atoms with Gasteiger partial charge in [0.25, 0.3) is 0 Å². The molecule has 0 aliphatic carbocycles. The zero-order valence-corrected chi connectivity index (χ0v) is 7.24. The van der Waals surface area contributed by atoms with Crippen LogP contribution in [0.3, 0.4) is 0 Å². The van der Waals surface area contributed by atoms with Crippen LogP contribution in [0.4, 0.5) is 5.95 Å². The standard InChI is InChI=1S/C7H8N6O/c8-6-9-4-12(7(14)11-6)5-13-3-1-2-10-13/h1-4H,5H2,(H2,8,11,14). The van der Waals surface area contributed by atoms with E-state index in [0.29, 0.717) is 0 Å². The highest BCUT2D eigenvalue weighted by atomic mass is 16.1. The molecule has 0 amide bonds. The lowest BCUT2D eigenvalue weighted by molar-refractivity contribution is 0.518. The second-order valence-corrected chi connectivity index (χ2v) is 2.65. The van der Waals surface area contributed by atoms with E-state index in [4.69, 9.17) is 5.73 Å². The number of aromatic nitrogens is 5. The van der Waals surface area contributed by atoms with Crippen molar-refractivity contribution in [3.8, 4) is 0 Å². The van der Waals surface area contributed by atoms with Crippen molar-refractivity contribution < 1.29 is 0 Å². The van der Waals surface area contributed by atoms with E-state index < -0.39 is 5.69 Å². The number of nitrogens with zero attached hydrogens (tertiary/aromatic N) is 5. The Labute approximate surface area is 78.8 Å². The van der Waals surface area contributed by atoms with E-state index in [2.05, 4.69) is 15.1 Å². The molecule has 0 bridgehead atoms. The maximum atomic E-state index is 11.3. The Balaban J connectivity index is 2.30. The third-order valence-electron chi connectivity index (χ3n) is 1.64. The van der Waals surface area contributed by atoms with Crippen molar-refractivity contribution in [3.63, 3.8) is 0 Å². The molecule has 2 aromatic rings. The van der Waals surface area contributed by atoms with Crippen molar-refractivity contribution in [2.45, 2.75) is 6.67 Å². The van der Waals surface area contributed by atoms with Gasteiger partial charge >= 0.3 is 5.69 Å². The second-order valence-electron chi connectivity index (χ2n) is 2.65. The minimum absolute atomic E-state index is 0.0216. The molecule has 0 radical (unpaired) electrons. The molecule has 0 aliphatic heterocycles. The topological polar surface area (TPSA) is 91.6 Å². The van der Waals surface area contributed by atoms with Crippen molar-refractivity contribution in [2.75, 3.05) is 5.73 Å². The molecule has 7 nitrogen and oxygen atoms in total. The van der Waals surface area contributed by atoms with Gasteiger partial charge in [0, 0.05) is 12.4 Å². The van der Waals surface area contributed by atoms with Gasteiger partial charge in [-0.05, 0) is 6.07 Å². The smallest absolute Gasteiger partial charge is 0.353 e. The minimum atomic E-state index is -0.437. The molecule has 7 heteroatoms. The Morgan fingerprint density at radius 3 is 3.00 bits per heavy atom. The molecule has 0 fully saturated rings. The molecule has 2 aromatic heterocycles. The summed E-state index contributed by atoms with van der Waals surface area (Å²) in [5, 5.41) is 3.95. The number of nitrogen functional groups attached to an aromatic ring is 1. The summed E-state index contributed by atoms with van der Waals surface area (Å²) >= 11 is 0. The van der Waals surface area contributed by atoms with E-state index in [1.54, 1.807) is 23.1 Å². The number of nitrogens with two attached hydrogens (primary N) is 1. The van der Waals surface area contributed by atoms with Crippen molar-refractivity contribution in [3.05, 3.63) is 35.3 Å². The zero-order valence-electron chi connectivity index (χ0n) is 7.24. The summed E-state index contributed by atoms with van der Waals surface area (Å²) in [5.74, 6) is -0.0216. The molecular weight excluding hydrogens is 184 g/mol. The molecule has 0 spiro atoms. The van der Waals surface area contributed by atoms with Crippen LogP contribution in [-0.2, 0) is 6.67 Å². The van der Waals surface area contributed by atoms with Crippen LogP contribution in [0.25, 0.3) is 0 Å². The highest BCUT2D eigenvalue weighted by Gasteiger charge is 1.98. The van der Waals surface area contributed by atoms with Gasteiger partial charge in [-0.2, -0.15) is 10.1 Å². The first kappa shape index (κ1) is 8.42. The van der Waals surface area contributed by atoms with E-state index in [-0.39, 0.29) is 12.6 Å². The first-order chi connectivity index (χ1) is 6.75. The van der Waals surface area contributed by atoms with Gasteiger partial charge in [-0.3, -0.25) is 9.25 Å². The van der Waals surface area contributed by atoms with Crippen LogP contribution >= 0.6 is 0 Å². The number of hydrogen-bond acceptors (Lipinski definition) is 5. The molecule has 14 heavy (non-hydrogen) atoms. The summed E-state index contributed by atoms with van der Waals surface area (Å²) in [5.41, 5.74) is 4.81. The Bertz CT molecular complexity index is 473. The van der Waals surface area contributed by atoms with Crippen molar-refractivity contribution in [1.29, 1.82) is 0 Å². The summed E-state index contributed by atoms with van der Waals surface area (Å²) < 4.78 is 2.89. The lowest BCUT2D eigenvalue weighted by Crippen LogP contribution is -2.27. The average molecular weight is 192 g/mol. The number of anilines is 1. The van der Waals surface area contributed by atoms with Gasteiger partial charge in [0.2, 0.25) is 5.95 Å². The monoisotopic (exact) mass is 192 g/mol. The maximum absolute atomic E-state index is 11.3. The molecule has 2 heterocycles. The molecule has 0 atom stereocenters. The lowest BCUT2D eigenvalue weighted by atomic mass is 10.7. The van der Waals surface area contributed by atoms with E-state index in [0.717, 1.165) is 0 Å². The first-order valence-corrected chi connectivity index (χ1v) is 3.92. The Hall–Kier alpha value is -2.18.